The SMILES string of the molecule is CCn1ccnc1C(=O)c1ccc(F)cc1. The second-order valence-corrected chi connectivity index (χ2v) is 3.37. The highest BCUT2D eigenvalue weighted by molar-refractivity contribution is 6.06. The Morgan fingerprint density at radius 1 is 1.38 bits per heavy atom. The molecule has 0 spiro atoms. The van der Waals surface area contributed by atoms with Gasteiger partial charge in [0.05, 0.1) is 0 Å². The van der Waals surface area contributed by atoms with Gasteiger partial charge in [-0.3, -0.25) is 4.79 Å². The first-order chi connectivity index (χ1) is 7.72. The number of aryl methyl sites for hydroxylation is 1. The maximum absolute atomic E-state index is 12.7. The summed E-state index contributed by atoms with van der Waals surface area (Å²) >= 11 is 0. The van der Waals surface area contributed by atoms with Crippen molar-refractivity contribution in [3.8, 4) is 0 Å². The first-order valence-corrected chi connectivity index (χ1v) is 5.03. The fraction of sp³-hybridized carbons (Fsp3) is 0.167. The lowest BCUT2D eigenvalue weighted by molar-refractivity contribution is 0.102. The summed E-state index contributed by atoms with van der Waals surface area (Å²) in [5, 5.41) is 0. The Kier molecular flexibility index (Phi) is 2.81. The molecular weight excluding hydrogens is 207 g/mol. The Hall–Kier alpha value is -1.97. The number of carbonyl (C=O) groups excluding carboxylic acids is 1. The van der Waals surface area contributed by atoms with E-state index >= 15 is 0 Å². The van der Waals surface area contributed by atoms with Crippen LogP contribution >= 0.6 is 0 Å². The van der Waals surface area contributed by atoms with Gasteiger partial charge in [-0.1, -0.05) is 0 Å². The molecule has 1 aromatic carbocycles. The molecule has 0 amide bonds. The van der Waals surface area contributed by atoms with E-state index in [0.29, 0.717) is 17.9 Å². The molecule has 0 aliphatic carbocycles. The fourth-order valence-electron chi connectivity index (χ4n) is 1.50. The number of rotatable bonds is 3. The predicted octanol–water partition coefficient (Wildman–Crippen LogP) is 2.27. The Bertz CT molecular complexity index is 502. The Balaban J connectivity index is 2.35. The third-order valence-electron chi connectivity index (χ3n) is 2.37. The summed E-state index contributed by atoms with van der Waals surface area (Å²) in [6, 6.07) is 5.47. The number of imidazole rings is 1. The minimum absolute atomic E-state index is 0.188. The van der Waals surface area contributed by atoms with Crippen molar-refractivity contribution < 1.29 is 9.18 Å². The van der Waals surface area contributed by atoms with Crippen molar-refractivity contribution in [3.63, 3.8) is 0 Å². The lowest BCUT2D eigenvalue weighted by atomic mass is 10.1. The maximum Gasteiger partial charge on any atom is 0.228 e. The zero-order valence-electron chi connectivity index (χ0n) is 8.85. The van der Waals surface area contributed by atoms with Gasteiger partial charge < -0.3 is 4.57 Å². The number of carbonyl (C=O) groups is 1. The summed E-state index contributed by atoms with van der Waals surface area (Å²) in [6.45, 7) is 2.62. The molecule has 0 fully saturated rings. The summed E-state index contributed by atoms with van der Waals surface area (Å²) < 4.78 is 14.5. The molecule has 0 saturated heterocycles. The van der Waals surface area contributed by atoms with Gasteiger partial charge in [-0.25, -0.2) is 9.37 Å². The molecule has 4 heteroatoms. The average molecular weight is 218 g/mol. The molecule has 0 radical (unpaired) electrons. The molecule has 0 N–H and O–H groups in total. The van der Waals surface area contributed by atoms with Crippen molar-refractivity contribution in [3.05, 3.63) is 53.9 Å². The van der Waals surface area contributed by atoms with Gasteiger partial charge in [-0.2, -0.15) is 0 Å². The van der Waals surface area contributed by atoms with Crippen molar-refractivity contribution in [2.24, 2.45) is 0 Å². The van der Waals surface area contributed by atoms with Crippen molar-refractivity contribution >= 4 is 5.78 Å². The molecule has 0 unspecified atom stereocenters. The number of halogens is 1. The lowest BCUT2D eigenvalue weighted by Crippen LogP contribution is -2.10. The molecule has 82 valence electrons. The maximum atomic E-state index is 12.7. The molecule has 1 heterocycles. The topological polar surface area (TPSA) is 34.9 Å². The molecule has 16 heavy (non-hydrogen) atoms. The minimum Gasteiger partial charge on any atom is -0.328 e. The largest absolute Gasteiger partial charge is 0.328 e. The molecule has 1 aromatic heterocycles. The number of benzene rings is 1. The summed E-state index contributed by atoms with van der Waals surface area (Å²) in [6.07, 6.45) is 3.33. The van der Waals surface area contributed by atoms with Gasteiger partial charge in [0.25, 0.3) is 0 Å². The van der Waals surface area contributed by atoms with Gasteiger partial charge in [0, 0.05) is 24.5 Å². The number of aromatic nitrogens is 2. The molecule has 0 atom stereocenters. The Labute approximate surface area is 92.5 Å². The molecular formula is C12H11FN2O. The first kappa shape index (κ1) is 10.5. The van der Waals surface area contributed by atoms with E-state index in [9.17, 15) is 9.18 Å². The van der Waals surface area contributed by atoms with E-state index in [0.717, 1.165) is 0 Å². The van der Waals surface area contributed by atoms with E-state index in [4.69, 9.17) is 0 Å². The molecule has 2 rings (SSSR count). The molecule has 2 aromatic rings. The van der Waals surface area contributed by atoms with E-state index in [1.54, 1.807) is 17.0 Å². The van der Waals surface area contributed by atoms with Crippen LogP contribution < -0.4 is 0 Å². The summed E-state index contributed by atoms with van der Waals surface area (Å²) in [7, 11) is 0. The van der Waals surface area contributed by atoms with Crippen LogP contribution in [0, 0.1) is 5.82 Å². The van der Waals surface area contributed by atoms with Crippen molar-refractivity contribution in [1.29, 1.82) is 0 Å². The van der Waals surface area contributed by atoms with Crippen molar-refractivity contribution in [1.82, 2.24) is 9.55 Å². The molecule has 0 aliphatic heterocycles. The number of ketones is 1. The van der Waals surface area contributed by atoms with Crippen LogP contribution in [0.2, 0.25) is 0 Å². The quantitative estimate of drug-likeness (QED) is 0.741. The second kappa shape index (κ2) is 4.26. The number of hydrogen-bond acceptors (Lipinski definition) is 2. The van der Waals surface area contributed by atoms with E-state index in [1.807, 2.05) is 6.92 Å². The monoisotopic (exact) mass is 218 g/mol. The van der Waals surface area contributed by atoms with E-state index in [-0.39, 0.29) is 11.6 Å². The molecule has 3 nitrogen and oxygen atoms in total. The van der Waals surface area contributed by atoms with Crippen LogP contribution in [0.5, 0.6) is 0 Å². The molecule has 0 saturated carbocycles. The summed E-state index contributed by atoms with van der Waals surface area (Å²) in [4.78, 5) is 16.0. The third-order valence-corrected chi connectivity index (χ3v) is 2.37. The average Bonchev–Trinajstić information content (AvgIpc) is 2.77. The van der Waals surface area contributed by atoms with E-state index in [2.05, 4.69) is 4.98 Å². The van der Waals surface area contributed by atoms with Gasteiger partial charge in [0.15, 0.2) is 5.82 Å². The van der Waals surface area contributed by atoms with Crippen LogP contribution in [0.3, 0.4) is 0 Å². The third kappa shape index (κ3) is 1.86. The van der Waals surface area contributed by atoms with E-state index in [1.165, 1.54) is 24.3 Å². The van der Waals surface area contributed by atoms with E-state index < -0.39 is 0 Å². The van der Waals surface area contributed by atoms with Gasteiger partial charge in [0.1, 0.15) is 5.82 Å². The lowest BCUT2D eigenvalue weighted by Gasteiger charge is -2.03. The summed E-state index contributed by atoms with van der Waals surface area (Å²) in [5.41, 5.74) is 0.447. The van der Waals surface area contributed by atoms with Gasteiger partial charge >= 0.3 is 0 Å². The van der Waals surface area contributed by atoms with Gasteiger partial charge in [0.2, 0.25) is 5.78 Å². The highest BCUT2D eigenvalue weighted by Gasteiger charge is 2.14. The fourth-order valence-corrected chi connectivity index (χ4v) is 1.50. The van der Waals surface area contributed by atoms with Crippen molar-refractivity contribution in [2.75, 3.05) is 0 Å². The minimum atomic E-state index is -0.351. The van der Waals surface area contributed by atoms with Crippen LogP contribution in [-0.2, 0) is 6.54 Å². The Morgan fingerprint density at radius 2 is 2.06 bits per heavy atom. The van der Waals surface area contributed by atoms with Crippen LogP contribution in [0.1, 0.15) is 23.1 Å². The zero-order chi connectivity index (χ0) is 11.5. The Morgan fingerprint density at radius 3 is 2.69 bits per heavy atom. The first-order valence-electron chi connectivity index (χ1n) is 5.03. The van der Waals surface area contributed by atoms with Crippen LogP contribution in [0.25, 0.3) is 0 Å². The number of hydrogen-bond donors (Lipinski definition) is 0. The predicted molar refractivity (Wildman–Crippen MR) is 57.7 cm³/mol. The second-order valence-electron chi connectivity index (χ2n) is 3.37. The number of nitrogens with zero attached hydrogens (tertiary/aromatic N) is 2. The smallest absolute Gasteiger partial charge is 0.228 e. The highest BCUT2D eigenvalue weighted by Crippen LogP contribution is 2.09. The van der Waals surface area contributed by atoms with Crippen molar-refractivity contribution in [2.45, 2.75) is 13.5 Å². The summed E-state index contributed by atoms with van der Waals surface area (Å²) in [5.74, 6) is -0.156. The van der Waals surface area contributed by atoms with Crippen LogP contribution in [0.15, 0.2) is 36.7 Å². The highest BCUT2D eigenvalue weighted by atomic mass is 19.1. The molecule has 0 bridgehead atoms. The zero-order valence-corrected chi connectivity index (χ0v) is 8.85. The molecule has 0 aliphatic rings. The van der Waals surface area contributed by atoms with Gasteiger partial charge in [-0.05, 0) is 31.2 Å². The standard InChI is InChI=1S/C12H11FN2O/c1-2-15-8-7-14-12(15)11(16)9-3-5-10(13)6-4-9/h3-8H,2H2,1H3. The normalized spacial score (nSPS) is 10.4. The van der Waals surface area contributed by atoms with Crippen LogP contribution in [0.4, 0.5) is 4.39 Å². The van der Waals surface area contributed by atoms with Crippen LogP contribution in [-0.4, -0.2) is 15.3 Å². The van der Waals surface area contributed by atoms with Gasteiger partial charge in [-0.15, -0.1) is 0 Å².